The molecule has 0 bridgehead atoms. The first-order valence-electron chi connectivity index (χ1n) is 7.66. The number of hydrogen-bond donors (Lipinski definition) is 1. The number of methoxy groups -OCH3 is 1. The summed E-state index contributed by atoms with van der Waals surface area (Å²) in [7, 11) is 1.40. The van der Waals surface area contributed by atoms with Crippen LogP contribution in [0.4, 0.5) is 0 Å². The highest BCUT2D eigenvalue weighted by Gasteiger charge is 2.36. The van der Waals surface area contributed by atoms with Crippen LogP contribution in [0.2, 0.25) is 0 Å². The van der Waals surface area contributed by atoms with E-state index >= 15 is 0 Å². The van der Waals surface area contributed by atoms with Crippen LogP contribution < -0.4 is 5.73 Å². The van der Waals surface area contributed by atoms with Crippen LogP contribution in [0.3, 0.4) is 0 Å². The molecule has 2 N–H and O–H groups in total. The molecule has 1 aliphatic carbocycles. The summed E-state index contributed by atoms with van der Waals surface area (Å²) in [5, 5.41) is 0. The molecule has 110 valence electrons. The van der Waals surface area contributed by atoms with Crippen LogP contribution in [-0.2, 0) is 9.53 Å². The smallest absolute Gasteiger partial charge is 0.325 e. The summed E-state index contributed by atoms with van der Waals surface area (Å²) in [6.45, 7) is 4.08. The second-order valence-electron chi connectivity index (χ2n) is 6.45. The fourth-order valence-corrected chi connectivity index (χ4v) is 3.77. The first-order valence-corrected chi connectivity index (χ1v) is 7.66. The molecule has 1 heterocycles. The Balaban J connectivity index is 1.75. The van der Waals surface area contributed by atoms with Crippen molar-refractivity contribution >= 4 is 5.97 Å². The third-order valence-corrected chi connectivity index (χ3v) is 4.92. The maximum Gasteiger partial charge on any atom is 0.325 e. The summed E-state index contributed by atoms with van der Waals surface area (Å²) in [5.41, 5.74) is 5.16. The van der Waals surface area contributed by atoms with Crippen molar-refractivity contribution in [3.05, 3.63) is 0 Å². The molecule has 0 radical (unpaired) electrons. The maximum atomic E-state index is 11.5. The van der Waals surface area contributed by atoms with Crippen molar-refractivity contribution in [2.24, 2.45) is 11.7 Å². The van der Waals surface area contributed by atoms with E-state index in [9.17, 15) is 4.79 Å². The van der Waals surface area contributed by atoms with Gasteiger partial charge in [0.25, 0.3) is 0 Å². The van der Waals surface area contributed by atoms with Crippen molar-refractivity contribution in [1.29, 1.82) is 0 Å². The molecule has 0 spiro atoms. The summed E-state index contributed by atoms with van der Waals surface area (Å²) in [5.74, 6) is 0.628. The number of rotatable bonds is 5. The van der Waals surface area contributed by atoms with Crippen molar-refractivity contribution in [1.82, 2.24) is 4.90 Å². The Morgan fingerprint density at radius 1 is 1.37 bits per heavy atom. The molecule has 19 heavy (non-hydrogen) atoms. The first kappa shape index (κ1) is 14.8. The summed E-state index contributed by atoms with van der Waals surface area (Å²) in [4.78, 5) is 14.2. The molecule has 0 aromatic carbocycles. The standard InChI is InChI=1S/C15H28N2O2/c1-15(16,14(18)19-2)9-5-10-17-11-8-12-6-3-4-7-13(12)17/h12-13H,3-11,16H2,1-2H3. The Labute approximate surface area is 116 Å². The summed E-state index contributed by atoms with van der Waals surface area (Å²) < 4.78 is 4.75. The maximum absolute atomic E-state index is 11.5. The van der Waals surface area contributed by atoms with E-state index in [1.54, 1.807) is 6.92 Å². The van der Waals surface area contributed by atoms with Gasteiger partial charge in [0, 0.05) is 6.04 Å². The normalized spacial score (nSPS) is 30.7. The van der Waals surface area contributed by atoms with Crippen molar-refractivity contribution in [3.63, 3.8) is 0 Å². The van der Waals surface area contributed by atoms with Crippen LogP contribution in [-0.4, -0.2) is 42.6 Å². The molecule has 2 rings (SSSR count). The summed E-state index contributed by atoms with van der Waals surface area (Å²) in [6.07, 6.45) is 8.62. The lowest BCUT2D eigenvalue weighted by atomic mass is 9.85. The highest BCUT2D eigenvalue weighted by atomic mass is 16.5. The molecule has 1 saturated carbocycles. The van der Waals surface area contributed by atoms with Gasteiger partial charge in [-0.1, -0.05) is 12.8 Å². The number of fused-ring (bicyclic) bond motifs is 1. The Morgan fingerprint density at radius 2 is 2.11 bits per heavy atom. The Kier molecular flexibility index (Phi) is 4.85. The predicted octanol–water partition coefficient (Wildman–Crippen LogP) is 1.92. The van der Waals surface area contributed by atoms with E-state index in [4.69, 9.17) is 10.5 Å². The lowest BCUT2D eigenvalue weighted by molar-refractivity contribution is -0.146. The van der Waals surface area contributed by atoms with Crippen molar-refractivity contribution in [2.75, 3.05) is 20.2 Å². The van der Waals surface area contributed by atoms with Gasteiger partial charge >= 0.3 is 5.97 Å². The van der Waals surface area contributed by atoms with Gasteiger partial charge in [-0.15, -0.1) is 0 Å². The lowest BCUT2D eigenvalue weighted by Gasteiger charge is -2.32. The second kappa shape index (κ2) is 6.23. The number of carbonyl (C=O) groups is 1. The molecule has 2 aliphatic rings. The van der Waals surface area contributed by atoms with Crippen molar-refractivity contribution < 1.29 is 9.53 Å². The molecular formula is C15H28N2O2. The minimum atomic E-state index is -0.833. The summed E-state index contributed by atoms with van der Waals surface area (Å²) >= 11 is 0. The third kappa shape index (κ3) is 3.48. The second-order valence-corrected chi connectivity index (χ2v) is 6.45. The van der Waals surface area contributed by atoms with Gasteiger partial charge in [0.15, 0.2) is 0 Å². The third-order valence-electron chi connectivity index (χ3n) is 4.92. The van der Waals surface area contributed by atoms with Gasteiger partial charge in [0.1, 0.15) is 5.54 Å². The number of ether oxygens (including phenoxy) is 1. The molecule has 0 aromatic rings. The monoisotopic (exact) mass is 268 g/mol. The van der Waals surface area contributed by atoms with Crippen LogP contribution in [0.25, 0.3) is 0 Å². The quantitative estimate of drug-likeness (QED) is 0.774. The molecule has 4 heteroatoms. The van der Waals surface area contributed by atoms with Crippen LogP contribution >= 0.6 is 0 Å². The number of esters is 1. The predicted molar refractivity (Wildman–Crippen MR) is 75.8 cm³/mol. The van der Waals surface area contributed by atoms with E-state index in [0.717, 1.165) is 24.9 Å². The Bertz CT molecular complexity index is 317. The molecular weight excluding hydrogens is 240 g/mol. The van der Waals surface area contributed by atoms with E-state index < -0.39 is 5.54 Å². The highest BCUT2D eigenvalue weighted by molar-refractivity contribution is 5.79. The Hall–Kier alpha value is -0.610. The number of hydrogen-bond acceptors (Lipinski definition) is 4. The number of nitrogens with two attached hydrogens (primary N) is 1. The zero-order valence-corrected chi connectivity index (χ0v) is 12.4. The minimum Gasteiger partial charge on any atom is -0.468 e. The Morgan fingerprint density at radius 3 is 2.84 bits per heavy atom. The molecule has 4 nitrogen and oxygen atoms in total. The fraction of sp³-hybridized carbons (Fsp3) is 0.933. The van der Waals surface area contributed by atoms with Crippen molar-refractivity contribution in [3.8, 4) is 0 Å². The first-order chi connectivity index (χ1) is 9.04. The average Bonchev–Trinajstić information content (AvgIpc) is 2.81. The van der Waals surface area contributed by atoms with Gasteiger partial charge in [-0.05, 0) is 58.0 Å². The topological polar surface area (TPSA) is 55.6 Å². The number of likely N-dealkylation sites (tertiary alicyclic amines) is 1. The molecule has 3 atom stereocenters. The number of carbonyl (C=O) groups excluding carboxylic acids is 1. The van der Waals surface area contributed by atoms with E-state index in [1.165, 1.54) is 45.8 Å². The van der Waals surface area contributed by atoms with Crippen LogP contribution in [0, 0.1) is 5.92 Å². The molecule has 2 fully saturated rings. The van der Waals surface area contributed by atoms with Gasteiger partial charge < -0.3 is 15.4 Å². The van der Waals surface area contributed by atoms with Gasteiger partial charge in [-0.3, -0.25) is 4.79 Å². The van der Waals surface area contributed by atoms with Crippen LogP contribution in [0.15, 0.2) is 0 Å². The van der Waals surface area contributed by atoms with E-state index in [-0.39, 0.29) is 5.97 Å². The fourth-order valence-electron chi connectivity index (χ4n) is 3.77. The van der Waals surface area contributed by atoms with Gasteiger partial charge in [-0.2, -0.15) is 0 Å². The molecule has 3 unspecified atom stereocenters. The van der Waals surface area contributed by atoms with E-state index in [2.05, 4.69) is 4.90 Å². The zero-order chi connectivity index (χ0) is 13.9. The molecule has 1 saturated heterocycles. The molecule has 0 amide bonds. The highest BCUT2D eigenvalue weighted by Crippen LogP contribution is 2.36. The van der Waals surface area contributed by atoms with Crippen molar-refractivity contribution in [2.45, 2.75) is 63.5 Å². The largest absolute Gasteiger partial charge is 0.468 e. The molecule has 1 aliphatic heterocycles. The SMILES string of the molecule is COC(=O)C(C)(N)CCCN1CCC2CCCCC21. The van der Waals surface area contributed by atoms with Gasteiger partial charge in [0.05, 0.1) is 7.11 Å². The van der Waals surface area contributed by atoms with Gasteiger partial charge in [-0.25, -0.2) is 0 Å². The van der Waals surface area contributed by atoms with Crippen LogP contribution in [0.1, 0.15) is 51.9 Å². The number of nitrogens with zero attached hydrogens (tertiary/aromatic N) is 1. The zero-order valence-electron chi connectivity index (χ0n) is 12.4. The lowest BCUT2D eigenvalue weighted by Crippen LogP contribution is -2.46. The molecule has 0 aromatic heterocycles. The van der Waals surface area contributed by atoms with E-state index in [1.807, 2.05) is 0 Å². The van der Waals surface area contributed by atoms with E-state index in [0.29, 0.717) is 6.42 Å². The minimum absolute atomic E-state index is 0.301. The van der Waals surface area contributed by atoms with Gasteiger partial charge in [0.2, 0.25) is 0 Å². The summed E-state index contributed by atoms with van der Waals surface area (Å²) in [6, 6.07) is 0.802. The average molecular weight is 268 g/mol. The van der Waals surface area contributed by atoms with Crippen LogP contribution in [0.5, 0.6) is 0 Å².